The summed E-state index contributed by atoms with van der Waals surface area (Å²) < 4.78 is 37.3. The van der Waals surface area contributed by atoms with Gasteiger partial charge in [0.1, 0.15) is 5.70 Å². The summed E-state index contributed by atoms with van der Waals surface area (Å²) in [6, 6.07) is 6.88. The molecule has 0 atom stereocenters. The van der Waals surface area contributed by atoms with Crippen LogP contribution in [0.3, 0.4) is 0 Å². The van der Waals surface area contributed by atoms with E-state index in [1.807, 2.05) is 0 Å². The van der Waals surface area contributed by atoms with Crippen molar-refractivity contribution >= 4 is 27.3 Å². The van der Waals surface area contributed by atoms with Crippen molar-refractivity contribution in [3.63, 3.8) is 0 Å². The van der Waals surface area contributed by atoms with E-state index in [1.54, 1.807) is 24.3 Å². The van der Waals surface area contributed by atoms with Crippen molar-refractivity contribution in [2.24, 2.45) is 10.7 Å². The summed E-state index contributed by atoms with van der Waals surface area (Å²) in [6.45, 7) is 1.46. The van der Waals surface area contributed by atoms with Crippen molar-refractivity contribution < 1.29 is 13.2 Å². The van der Waals surface area contributed by atoms with Crippen LogP contribution in [0.1, 0.15) is 6.92 Å². The lowest BCUT2D eigenvalue weighted by atomic mass is 10.3. The second-order valence-electron chi connectivity index (χ2n) is 3.33. The highest BCUT2D eigenvalue weighted by Gasteiger charge is 2.31. The minimum atomic E-state index is -4.52. The molecule has 0 fully saturated rings. The van der Waals surface area contributed by atoms with E-state index in [2.05, 4.69) is 20.9 Å². The van der Waals surface area contributed by atoms with Crippen LogP contribution < -0.4 is 5.73 Å². The molecule has 0 aliphatic carbocycles. The van der Waals surface area contributed by atoms with Crippen LogP contribution >= 0.6 is 15.9 Å². The van der Waals surface area contributed by atoms with Crippen molar-refractivity contribution in [2.75, 3.05) is 0 Å². The quantitative estimate of drug-likeness (QED) is 0.826. The number of hydrogen-bond acceptors (Lipinski definition) is 2. The average Bonchev–Trinajstić information content (AvgIpc) is 2.20. The molecule has 6 heteroatoms. The molecule has 92 valence electrons. The highest BCUT2D eigenvalue weighted by atomic mass is 79.9. The van der Waals surface area contributed by atoms with Gasteiger partial charge in [-0.05, 0) is 37.3 Å². The van der Waals surface area contributed by atoms with Crippen molar-refractivity contribution in [1.29, 1.82) is 0 Å². The van der Waals surface area contributed by atoms with E-state index in [1.165, 1.54) is 6.92 Å². The maximum Gasteiger partial charge on any atom is 0.430 e. The summed E-state index contributed by atoms with van der Waals surface area (Å²) in [6.07, 6.45) is -3.71. The van der Waals surface area contributed by atoms with E-state index in [4.69, 9.17) is 5.73 Å². The lowest BCUT2D eigenvalue weighted by molar-refractivity contribution is -0.0925. The summed E-state index contributed by atoms with van der Waals surface area (Å²) in [5.41, 5.74) is 4.48. The lowest BCUT2D eigenvalue weighted by Crippen LogP contribution is -2.20. The van der Waals surface area contributed by atoms with Gasteiger partial charge >= 0.3 is 6.18 Å². The maximum absolute atomic E-state index is 12.1. The zero-order chi connectivity index (χ0) is 13.1. The van der Waals surface area contributed by atoms with Gasteiger partial charge in [-0.15, -0.1) is 0 Å². The summed E-state index contributed by atoms with van der Waals surface area (Å²) in [5.74, 6) is 0. The molecule has 0 amide bonds. The van der Waals surface area contributed by atoms with Crippen LogP contribution in [0.5, 0.6) is 0 Å². The largest absolute Gasteiger partial charge is 0.430 e. The summed E-state index contributed by atoms with van der Waals surface area (Å²) in [7, 11) is 0. The average molecular weight is 307 g/mol. The Morgan fingerprint density at radius 2 is 1.82 bits per heavy atom. The predicted molar refractivity (Wildman–Crippen MR) is 65.2 cm³/mol. The van der Waals surface area contributed by atoms with Crippen LogP contribution in [0.25, 0.3) is 0 Å². The second-order valence-corrected chi connectivity index (χ2v) is 4.24. The molecule has 2 N–H and O–H groups in total. The van der Waals surface area contributed by atoms with Gasteiger partial charge in [0.05, 0.1) is 5.69 Å². The number of aliphatic imine (C=N–C) groups is 1. The third-order valence-corrected chi connectivity index (χ3v) is 2.35. The summed E-state index contributed by atoms with van der Waals surface area (Å²) >= 11 is 3.25. The molecule has 2 nitrogen and oxygen atoms in total. The van der Waals surface area contributed by atoms with Gasteiger partial charge in [0.25, 0.3) is 0 Å². The second kappa shape index (κ2) is 5.35. The first-order valence-corrected chi connectivity index (χ1v) is 5.43. The monoisotopic (exact) mass is 306 g/mol. The molecular formula is C11H10BrF3N2. The molecule has 0 spiro atoms. The van der Waals surface area contributed by atoms with E-state index in [9.17, 15) is 13.2 Å². The van der Waals surface area contributed by atoms with Crippen LogP contribution in [0.15, 0.2) is 45.5 Å². The topological polar surface area (TPSA) is 38.4 Å². The highest BCUT2D eigenvalue weighted by Crippen LogP contribution is 2.22. The molecule has 0 bridgehead atoms. The molecule has 1 aromatic rings. The Morgan fingerprint density at radius 1 is 1.29 bits per heavy atom. The number of nitrogens with zero attached hydrogens (tertiary/aromatic N) is 1. The summed E-state index contributed by atoms with van der Waals surface area (Å²) in [4.78, 5) is 3.99. The van der Waals surface area contributed by atoms with Gasteiger partial charge in [0.15, 0.2) is 0 Å². The molecule has 0 saturated carbocycles. The first kappa shape index (κ1) is 13.8. The zero-order valence-electron chi connectivity index (χ0n) is 8.92. The zero-order valence-corrected chi connectivity index (χ0v) is 10.5. The van der Waals surface area contributed by atoms with Crippen LogP contribution in [0.2, 0.25) is 0 Å². The van der Waals surface area contributed by atoms with Gasteiger partial charge in [0.2, 0.25) is 0 Å². The Labute approximate surface area is 105 Å². The number of allylic oxidation sites excluding steroid dienone is 2. The molecule has 0 saturated heterocycles. The number of alkyl halides is 3. The maximum atomic E-state index is 12.1. The molecule has 0 radical (unpaired) electrons. The number of benzene rings is 1. The van der Waals surface area contributed by atoms with E-state index >= 15 is 0 Å². The molecule has 0 aliphatic heterocycles. The number of hydrogen-bond donors (Lipinski definition) is 1. The van der Waals surface area contributed by atoms with Gasteiger partial charge < -0.3 is 5.73 Å². The fourth-order valence-corrected chi connectivity index (χ4v) is 1.32. The minimum Gasteiger partial charge on any atom is -0.395 e. The Hall–Kier alpha value is -1.30. The molecule has 17 heavy (non-hydrogen) atoms. The predicted octanol–water partition coefficient (Wildman–Crippen LogP) is 3.95. The lowest BCUT2D eigenvalue weighted by Gasteiger charge is -2.05. The van der Waals surface area contributed by atoms with E-state index in [-0.39, 0.29) is 5.71 Å². The van der Waals surface area contributed by atoms with E-state index < -0.39 is 11.9 Å². The highest BCUT2D eigenvalue weighted by molar-refractivity contribution is 9.10. The first-order valence-electron chi connectivity index (χ1n) is 4.64. The van der Waals surface area contributed by atoms with Gasteiger partial charge in [-0.1, -0.05) is 15.9 Å². The fourth-order valence-electron chi connectivity index (χ4n) is 1.06. The van der Waals surface area contributed by atoms with Crippen LogP contribution in [-0.4, -0.2) is 11.9 Å². The Bertz CT molecular complexity index is 447. The Morgan fingerprint density at radius 3 is 2.29 bits per heavy atom. The number of rotatable bonds is 2. The molecule has 0 aliphatic rings. The van der Waals surface area contributed by atoms with Crippen molar-refractivity contribution in [1.82, 2.24) is 0 Å². The van der Waals surface area contributed by atoms with Gasteiger partial charge in [-0.25, -0.2) is 0 Å². The third-order valence-electron chi connectivity index (χ3n) is 1.82. The standard InChI is InChI=1S/C11H10BrF3N2/c1-7(6-10(16)11(13,14)15)17-9-4-2-8(12)3-5-9/h2-6H,16H2,1H3. The van der Waals surface area contributed by atoms with Gasteiger partial charge in [0, 0.05) is 10.2 Å². The molecule has 1 aromatic carbocycles. The first-order chi connectivity index (χ1) is 7.79. The number of halogens is 4. The molecule has 1 rings (SSSR count). The SMILES string of the molecule is CC(C=C(N)C(F)(F)F)=Nc1ccc(Br)cc1. The summed E-state index contributed by atoms with van der Waals surface area (Å²) in [5, 5.41) is 0. The normalized spacial score (nSPS) is 13.9. The molecule has 0 heterocycles. The fraction of sp³-hybridized carbons (Fsp3) is 0.182. The van der Waals surface area contributed by atoms with Crippen molar-refractivity contribution in [3.8, 4) is 0 Å². The van der Waals surface area contributed by atoms with Crippen LogP contribution in [0, 0.1) is 0 Å². The third kappa shape index (κ3) is 4.60. The van der Waals surface area contributed by atoms with Crippen molar-refractivity contribution in [3.05, 3.63) is 40.5 Å². The van der Waals surface area contributed by atoms with Crippen LogP contribution in [0.4, 0.5) is 18.9 Å². The van der Waals surface area contributed by atoms with E-state index in [0.717, 1.165) is 10.5 Å². The van der Waals surface area contributed by atoms with E-state index in [0.29, 0.717) is 5.69 Å². The Balaban J connectivity index is 2.90. The van der Waals surface area contributed by atoms with Crippen LogP contribution in [-0.2, 0) is 0 Å². The smallest absolute Gasteiger partial charge is 0.395 e. The van der Waals surface area contributed by atoms with Gasteiger partial charge in [-0.3, -0.25) is 4.99 Å². The molecule has 0 unspecified atom stereocenters. The molecular weight excluding hydrogens is 297 g/mol. The van der Waals surface area contributed by atoms with Crippen molar-refractivity contribution in [2.45, 2.75) is 13.1 Å². The molecule has 0 aromatic heterocycles. The number of nitrogens with two attached hydrogens (primary N) is 1. The Kier molecular flexibility index (Phi) is 4.34. The van der Waals surface area contributed by atoms with Gasteiger partial charge in [-0.2, -0.15) is 13.2 Å². The minimum absolute atomic E-state index is 0.196.